The number of hydrogen-bond acceptors (Lipinski definition) is 8. The number of nitrogens with one attached hydrogen (secondary N) is 1. The van der Waals surface area contributed by atoms with Gasteiger partial charge in [0.25, 0.3) is 5.56 Å². The first-order valence-electron chi connectivity index (χ1n) is 8.29. The van der Waals surface area contributed by atoms with E-state index >= 15 is 0 Å². The topological polar surface area (TPSA) is 162 Å². The van der Waals surface area contributed by atoms with Gasteiger partial charge in [0.15, 0.2) is 11.5 Å². The van der Waals surface area contributed by atoms with Gasteiger partial charge >= 0.3 is 5.69 Å². The van der Waals surface area contributed by atoms with Crippen LogP contribution in [-0.2, 0) is 6.54 Å². The molecule has 27 heavy (non-hydrogen) atoms. The molecule has 0 fully saturated rings. The minimum absolute atomic E-state index is 0.0516. The fraction of sp³-hybridized carbons (Fsp3) is 0.412. The van der Waals surface area contributed by atoms with Gasteiger partial charge in [-0.3, -0.25) is 9.78 Å². The first kappa shape index (κ1) is 19.1. The van der Waals surface area contributed by atoms with Crippen molar-refractivity contribution in [2.24, 2.45) is 0 Å². The number of fused-ring (bicyclic) bond motifs is 2. The normalized spacial score (nSPS) is 15.2. The summed E-state index contributed by atoms with van der Waals surface area (Å²) in [6, 6.07) is 3.53. The fourth-order valence-corrected chi connectivity index (χ4v) is 2.89. The summed E-state index contributed by atoms with van der Waals surface area (Å²) in [4.78, 5) is 34.0. The monoisotopic (exact) mass is 378 g/mol. The van der Waals surface area contributed by atoms with E-state index in [-0.39, 0.29) is 18.1 Å². The van der Waals surface area contributed by atoms with E-state index in [9.17, 15) is 24.9 Å². The zero-order valence-electron chi connectivity index (χ0n) is 14.7. The molecule has 2 aliphatic rings. The molecule has 5 N–H and O–H groups in total. The van der Waals surface area contributed by atoms with Crippen LogP contribution in [0.1, 0.15) is 11.1 Å². The van der Waals surface area contributed by atoms with Crippen molar-refractivity contribution in [3.63, 3.8) is 0 Å². The third-order valence-electron chi connectivity index (χ3n) is 4.57. The molecule has 2 heterocycles. The molecular formula is C17H20N4O6. The summed E-state index contributed by atoms with van der Waals surface area (Å²) in [5.41, 5.74) is 1.11. The number of hydrogen-bond donors (Lipinski definition) is 5. The highest BCUT2D eigenvalue weighted by molar-refractivity contribution is 5.81. The lowest BCUT2D eigenvalue weighted by molar-refractivity contribution is -0.0802. The second-order valence-electron chi connectivity index (χ2n) is 6.50. The highest BCUT2D eigenvalue weighted by Crippen LogP contribution is 2.24. The van der Waals surface area contributed by atoms with Crippen molar-refractivity contribution in [1.29, 1.82) is 0 Å². The average molecular weight is 378 g/mol. The Hall–Kier alpha value is -2.66. The van der Waals surface area contributed by atoms with Gasteiger partial charge in [0.05, 0.1) is 24.2 Å². The van der Waals surface area contributed by atoms with Gasteiger partial charge in [-0.05, 0) is 37.1 Å². The standard InChI is InChI=1S/C17H20N4O6/c1-7-3-9-10(4-8(7)2)21(5-11(23)14(25)12(24)6-22)15-13(18-9)16(26)20-17(27)19-15/h3-4,11-12,14,22-25H,5-6H2,1-2H3,(H,20,26,27)/t11-,12+,14-/m0/s1/i7+1,10+1. The third kappa shape index (κ3) is 3.47. The number of aromatic amines is 1. The zero-order valence-corrected chi connectivity index (χ0v) is 14.7. The van der Waals surface area contributed by atoms with E-state index in [2.05, 4.69) is 15.0 Å². The fourth-order valence-electron chi connectivity index (χ4n) is 2.89. The van der Waals surface area contributed by atoms with Crippen LogP contribution in [0.5, 0.6) is 0 Å². The summed E-state index contributed by atoms with van der Waals surface area (Å²) in [5.74, 6) is -0.0516. The van der Waals surface area contributed by atoms with Crippen molar-refractivity contribution < 1.29 is 20.4 Å². The molecule has 10 heteroatoms. The largest absolute Gasteiger partial charge is 0.394 e. The molecule has 0 saturated carbocycles. The van der Waals surface area contributed by atoms with Gasteiger partial charge in [-0.25, -0.2) is 9.78 Å². The van der Waals surface area contributed by atoms with E-state index in [0.29, 0.717) is 11.0 Å². The van der Waals surface area contributed by atoms with Gasteiger partial charge in [-0.15, -0.1) is 0 Å². The van der Waals surface area contributed by atoms with E-state index in [4.69, 9.17) is 5.11 Å². The van der Waals surface area contributed by atoms with E-state index < -0.39 is 36.2 Å². The van der Waals surface area contributed by atoms with Crippen LogP contribution < -0.4 is 11.2 Å². The van der Waals surface area contributed by atoms with Gasteiger partial charge in [-0.1, -0.05) is 0 Å². The molecule has 0 bridgehead atoms. The number of aryl methyl sites for hydroxylation is 2. The molecule has 0 amide bonds. The average Bonchev–Trinajstić information content (AvgIpc) is 2.62. The summed E-state index contributed by atoms with van der Waals surface area (Å²) >= 11 is 0. The van der Waals surface area contributed by atoms with Crippen molar-refractivity contribution in [3.8, 4) is 11.5 Å². The summed E-state index contributed by atoms with van der Waals surface area (Å²) < 4.78 is 1.40. The Kier molecular flexibility index (Phi) is 5.07. The number of nitrogens with zero attached hydrogens (tertiary/aromatic N) is 3. The second kappa shape index (κ2) is 7.16. The Morgan fingerprint density at radius 3 is 2.41 bits per heavy atom. The van der Waals surface area contributed by atoms with Gasteiger partial charge in [0, 0.05) is 0 Å². The molecule has 1 aromatic carbocycles. The van der Waals surface area contributed by atoms with E-state index in [1.54, 1.807) is 12.1 Å². The number of aliphatic hydroxyl groups is 4. The Labute approximate surface area is 152 Å². The molecule has 0 aliphatic carbocycles. The Morgan fingerprint density at radius 1 is 1.07 bits per heavy atom. The molecule has 10 nitrogen and oxygen atoms in total. The number of rotatable bonds is 5. The van der Waals surface area contributed by atoms with Gasteiger partial charge in [-0.2, -0.15) is 4.98 Å². The maximum atomic E-state index is 12.2. The summed E-state index contributed by atoms with van der Waals surface area (Å²) in [6.07, 6.45) is -4.68. The number of benzene rings is 1. The van der Waals surface area contributed by atoms with Crippen molar-refractivity contribution in [2.45, 2.75) is 38.7 Å². The highest BCUT2D eigenvalue weighted by atomic mass is 16.4. The molecule has 0 radical (unpaired) electrons. The summed E-state index contributed by atoms with van der Waals surface area (Å²) in [6.45, 7) is 2.73. The van der Waals surface area contributed by atoms with E-state index in [1.807, 2.05) is 13.8 Å². The molecule has 1 aromatic rings. The van der Waals surface area contributed by atoms with Crippen LogP contribution in [0.15, 0.2) is 21.7 Å². The van der Waals surface area contributed by atoms with Crippen LogP contribution in [-0.4, -0.2) is 64.9 Å². The quantitative estimate of drug-likeness (QED) is 0.327. The first-order chi connectivity index (χ1) is 12.7. The maximum absolute atomic E-state index is 12.2. The van der Waals surface area contributed by atoms with Crippen LogP contribution in [0.3, 0.4) is 0 Å². The van der Waals surface area contributed by atoms with Crippen molar-refractivity contribution in [3.05, 3.63) is 44.1 Å². The van der Waals surface area contributed by atoms with Crippen LogP contribution in [0, 0.1) is 13.8 Å². The van der Waals surface area contributed by atoms with Gasteiger partial charge in [0.1, 0.15) is 18.3 Å². The molecule has 3 rings (SSSR count). The lowest BCUT2D eigenvalue weighted by Gasteiger charge is -2.25. The van der Waals surface area contributed by atoms with Crippen molar-refractivity contribution in [2.75, 3.05) is 6.61 Å². The molecule has 0 saturated heterocycles. The van der Waals surface area contributed by atoms with E-state index in [1.165, 1.54) is 4.57 Å². The summed E-state index contributed by atoms with van der Waals surface area (Å²) in [7, 11) is 0. The van der Waals surface area contributed by atoms with Crippen molar-refractivity contribution >= 4 is 11.0 Å². The molecule has 0 spiro atoms. The molecular weight excluding hydrogens is 358 g/mol. The van der Waals surface area contributed by atoms with E-state index in [0.717, 1.165) is 11.1 Å². The van der Waals surface area contributed by atoms with Crippen LogP contribution in [0.25, 0.3) is 22.6 Å². The maximum Gasteiger partial charge on any atom is 0.349 e. The van der Waals surface area contributed by atoms with Crippen molar-refractivity contribution in [1.82, 2.24) is 19.5 Å². The second-order valence-corrected chi connectivity index (χ2v) is 6.50. The Morgan fingerprint density at radius 2 is 1.74 bits per heavy atom. The molecule has 144 valence electrons. The van der Waals surface area contributed by atoms with Gasteiger partial charge in [0.2, 0.25) is 0 Å². The first-order valence-corrected chi connectivity index (χ1v) is 8.29. The number of aliphatic hydroxyl groups excluding tert-OH is 4. The zero-order chi connectivity index (χ0) is 19.9. The highest BCUT2D eigenvalue weighted by Gasteiger charge is 2.27. The predicted molar refractivity (Wildman–Crippen MR) is 95.6 cm³/mol. The number of H-pyrrole nitrogens is 1. The van der Waals surface area contributed by atoms with Gasteiger partial charge < -0.3 is 25.0 Å². The molecule has 2 aliphatic heterocycles. The lowest BCUT2D eigenvalue weighted by atomic mass is 10.1. The third-order valence-corrected chi connectivity index (χ3v) is 4.57. The summed E-state index contributed by atoms with van der Waals surface area (Å²) in [5, 5.41) is 38.8. The molecule has 0 unspecified atom stereocenters. The Balaban J connectivity index is 2.28. The van der Waals surface area contributed by atoms with Crippen LogP contribution in [0.2, 0.25) is 0 Å². The Bertz CT molecular complexity index is 1080. The minimum atomic E-state index is -1.64. The number of aromatic nitrogens is 4. The predicted octanol–water partition coefficient (Wildman–Crippen LogP) is -1.72. The van der Waals surface area contributed by atoms with Crippen LogP contribution in [0.4, 0.5) is 0 Å². The smallest absolute Gasteiger partial charge is 0.349 e. The lowest BCUT2D eigenvalue weighted by Crippen LogP contribution is -2.42. The SMILES string of the molecule is Cc1c[13c]2c(c[13c]1C)nc1c(=O)[nH]c(=O)nc-1n2C[C@H](O)[C@H](O)[C@H](O)CO. The molecule has 3 atom stereocenters. The molecule has 0 aromatic heterocycles. The minimum Gasteiger partial charge on any atom is -0.394 e. The van der Waals surface area contributed by atoms with Crippen LogP contribution >= 0.6 is 0 Å².